The summed E-state index contributed by atoms with van der Waals surface area (Å²) in [5.74, 6) is -0.468. The first-order chi connectivity index (χ1) is 8.02. The zero-order valence-corrected chi connectivity index (χ0v) is 9.86. The lowest BCUT2D eigenvalue weighted by Crippen LogP contribution is -2.34. The molecule has 0 radical (unpaired) electrons. The third-order valence-electron chi connectivity index (χ3n) is 2.10. The molecule has 92 valence electrons. The number of anilines is 1. The molecule has 0 fully saturated rings. The van der Waals surface area contributed by atoms with E-state index in [9.17, 15) is 9.59 Å². The molecule has 3 N–H and O–H groups in total. The molecule has 1 aromatic rings. The first-order valence-electron chi connectivity index (χ1n) is 5.32. The zero-order valence-electron chi connectivity index (χ0n) is 9.86. The van der Waals surface area contributed by atoms with E-state index in [-0.39, 0.29) is 24.5 Å². The quantitative estimate of drug-likeness (QED) is 0.722. The van der Waals surface area contributed by atoms with E-state index in [2.05, 4.69) is 10.6 Å². The van der Waals surface area contributed by atoms with Crippen molar-refractivity contribution in [2.45, 2.75) is 19.9 Å². The predicted molar refractivity (Wildman–Crippen MR) is 64.8 cm³/mol. The molecular weight excluding hydrogens is 220 g/mol. The van der Waals surface area contributed by atoms with Crippen LogP contribution in [0.15, 0.2) is 24.3 Å². The summed E-state index contributed by atoms with van der Waals surface area (Å²) in [4.78, 5) is 22.6. The van der Waals surface area contributed by atoms with Gasteiger partial charge in [-0.05, 0) is 25.1 Å². The maximum absolute atomic E-state index is 11.7. The van der Waals surface area contributed by atoms with Crippen molar-refractivity contribution in [1.82, 2.24) is 5.32 Å². The van der Waals surface area contributed by atoms with Gasteiger partial charge >= 0.3 is 0 Å². The van der Waals surface area contributed by atoms with Crippen LogP contribution in [-0.2, 0) is 4.79 Å². The molecule has 0 heterocycles. The van der Waals surface area contributed by atoms with Crippen LogP contribution in [0.1, 0.15) is 24.2 Å². The van der Waals surface area contributed by atoms with Crippen LogP contribution in [0.4, 0.5) is 5.69 Å². The first-order valence-corrected chi connectivity index (χ1v) is 5.32. The van der Waals surface area contributed by atoms with Crippen molar-refractivity contribution in [3.05, 3.63) is 29.8 Å². The Hall–Kier alpha value is -1.88. The average Bonchev–Trinajstić information content (AvgIpc) is 2.28. The number of carbonyl (C=O) groups excluding carboxylic acids is 2. The molecule has 0 aromatic heterocycles. The van der Waals surface area contributed by atoms with Gasteiger partial charge in [0.15, 0.2) is 0 Å². The Morgan fingerprint density at radius 3 is 2.71 bits per heavy atom. The molecule has 5 heteroatoms. The standard InChI is InChI=1S/C12H16N2O3/c1-8(7-15)13-12(17)10-4-3-5-11(6-10)14-9(2)16/h3-6,8,15H,7H2,1-2H3,(H,13,17)(H,14,16)/t8-/m1/s1. The smallest absolute Gasteiger partial charge is 0.251 e. The summed E-state index contributed by atoms with van der Waals surface area (Å²) in [5, 5.41) is 14.1. The van der Waals surface area contributed by atoms with Gasteiger partial charge in [-0.2, -0.15) is 0 Å². The molecular formula is C12H16N2O3. The predicted octanol–water partition coefficient (Wildman–Crippen LogP) is 0.756. The van der Waals surface area contributed by atoms with Crippen LogP contribution in [0.25, 0.3) is 0 Å². The number of rotatable bonds is 4. The Balaban J connectivity index is 2.77. The van der Waals surface area contributed by atoms with E-state index in [1.165, 1.54) is 6.92 Å². The third-order valence-corrected chi connectivity index (χ3v) is 2.10. The average molecular weight is 236 g/mol. The topological polar surface area (TPSA) is 78.4 Å². The maximum Gasteiger partial charge on any atom is 0.251 e. The van der Waals surface area contributed by atoms with Gasteiger partial charge in [0.05, 0.1) is 6.61 Å². The minimum Gasteiger partial charge on any atom is -0.394 e. The highest BCUT2D eigenvalue weighted by molar-refractivity contribution is 5.96. The second-order valence-electron chi connectivity index (χ2n) is 3.82. The number of amides is 2. The fourth-order valence-electron chi connectivity index (χ4n) is 1.29. The second-order valence-corrected chi connectivity index (χ2v) is 3.82. The lowest BCUT2D eigenvalue weighted by Gasteiger charge is -2.11. The molecule has 1 atom stereocenters. The number of aliphatic hydroxyl groups is 1. The highest BCUT2D eigenvalue weighted by Gasteiger charge is 2.09. The van der Waals surface area contributed by atoms with Gasteiger partial charge in [0, 0.05) is 24.2 Å². The van der Waals surface area contributed by atoms with Gasteiger partial charge in [0.2, 0.25) is 5.91 Å². The zero-order chi connectivity index (χ0) is 12.8. The Morgan fingerprint density at radius 2 is 2.12 bits per heavy atom. The molecule has 0 aliphatic carbocycles. The van der Waals surface area contributed by atoms with Crippen LogP contribution >= 0.6 is 0 Å². The SMILES string of the molecule is CC(=O)Nc1cccc(C(=O)N[C@H](C)CO)c1. The van der Waals surface area contributed by atoms with Crippen molar-refractivity contribution in [3.8, 4) is 0 Å². The number of carbonyl (C=O) groups is 2. The number of aliphatic hydroxyl groups excluding tert-OH is 1. The molecule has 1 aromatic carbocycles. The minimum atomic E-state index is -0.299. The summed E-state index contributed by atoms with van der Waals surface area (Å²) >= 11 is 0. The first kappa shape index (κ1) is 13.2. The summed E-state index contributed by atoms with van der Waals surface area (Å²) in [6.45, 7) is 2.99. The van der Waals surface area contributed by atoms with Crippen LogP contribution in [-0.4, -0.2) is 29.6 Å². The number of hydrogen-bond donors (Lipinski definition) is 3. The van der Waals surface area contributed by atoms with Gasteiger partial charge in [-0.3, -0.25) is 9.59 Å². The van der Waals surface area contributed by atoms with E-state index in [4.69, 9.17) is 5.11 Å². The van der Waals surface area contributed by atoms with Crippen molar-refractivity contribution in [1.29, 1.82) is 0 Å². The van der Waals surface area contributed by atoms with Crippen molar-refractivity contribution >= 4 is 17.5 Å². The molecule has 0 bridgehead atoms. The van der Waals surface area contributed by atoms with E-state index in [1.807, 2.05) is 0 Å². The van der Waals surface area contributed by atoms with E-state index in [0.29, 0.717) is 11.3 Å². The maximum atomic E-state index is 11.7. The van der Waals surface area contributed by atoms with E-state index in [1.54, 1.807) is 31.2 Å². The van der Waals surface area contributed by atoms with E-state index < -0.39 is 0 Å². The minimum absolute atomic E-state index is 0.114. The highest BCUT2D eigenvalue weighted by Crippen LogP contribution is 2.10. The normalized spacial score (nSPS) is 11.7. The summed E-state index contributed by atoms with van der Waals surface area (Å²) in [7, 11) is 0. The second kappa shape index (κ2) is 6.00. The molecule has 5 nitrogen and oxygen atoms in total. The largest absolute Gasteiger partial charge is 0.394 e. The molecule has 17 heavy (non-hydrogen) atoms. The Bertz CT molecular complexity index is 418. The molecule has 0 saturated heterocycles. The summed E-state index contributed by atoms with van der Waals surface area (Å²) < 4.78 is 0. The molecule has 2 amide bonds. The van der Waals surface area contributed by atoms with Gasteiger partial charge in [0.25, 0.3) is 5.91 Å². The van der Waals surface area contributed by atoms with Crippen molar-refractivity contribution < 1.29 is 14.7 Å². The van der Waals surface area contributed by atoms with Crippen LogP contribution in [0, 0.1) is 0 Å². The molecule has 0 spiro atoms. The fraction of sp³-hybridized carbons (Fsp3) is 0.333. The van der Waals surface area contributed by atoms with Gasteiger partial charge in [-0.1, -0.05) is 6.07 Å². The number of hydrogen-bond acceptors (Lipinski definition) is 3. The molecule has 0 saturated carbocycles. The Morgan fingerprint density at radius 1 is 1.41 bits per heavy atom. The van der Waals surface area contributed by atoms with E-state index in [0.717, 1.165) is 0 Å². The van der Waals surface area contributed by atoms with Crippen molar-refractivity contribution in [2.24, 2.45) is 0 Å². The summed E-state index contributed by atoms with van der Waals surface area (Å²) in [6, 6.07) is 6.31. The van der Waals surface area contributed by atoms with E-state index >= 15 is 0 Å². The Kier molecular flexibility index (Phi) is 4.66. The molecule has 0 unspecified atom stereocenters. The number of nitrogens with one attached hydrogen (secondary N) is 2. The summed E-state index contributed by atoms with van der Waals surface area (Å²) in [6.07, 6.45) is 0. The van der Waals surface area contributed by atoms with Crippen molar-refractivity contribution in [2.75, 3.05) is 11.9 Å². The number of benzene rings is 1. The van der Waals surface area contributed by atoms with Gasteiger partial charge in [0.1, 0.15) is 0 Å². The fourth-order valence-corrected chi connectivity index (χ4v) is 1.29. The Labute approximate surface area is 99.8 Å². The summed E-state index contributed by atoms with van der Waals surface area (Å²) in [5.41, 5.74) is 1.01. The van der Waals surface area contributed by atoms with Crippen LogP contribution in [0.3, 0.4) is 0 Å². The molecule has 1 rings (SSSR count). The van der Waals surface area contributed by atoms with Gasteiger partial charge in [-0.25, -0.2) is 0 Å². The van der Waals surface area contributed by atoms with Crippen LogP contribution < -0.4 is 10.6 Å². The highest BCUT2D eigenvalue weighted by atomic mass is 16.3. The monoisotopic (exact) mass is 236 g/mol. The lowest BCUT2D eigenvalue weighted by atomic mass is 10.1. The lowest BCUT2D eigenvalue weighted by molar-refractivity contribution is -0.114. The van der Waals surface area contributed by atoms with Crippen molar-refractivity contribution in [3.63, 3.8) is 0 Å². The van der Waals surface area contributed by atoms with Crippen LogP contribution in [0.2, 0.25) is 0 Å². The van der Waals surface area contributed by atoms with Crippen LogP contribution in [0.5, 0.6) is 0 Å². The van der Waals surface area contributed by atoms with Gasteiger partial charge in [-0.15, -0.1) is 0 Å². The molecule has 0 aliphatic heterocycles. The third kappa shape index (κ3) is 4.24. The van der Waals surface area contributed by atoms with Gasteiger partial charge < -0.3 is 15.7 Å². The molecule has 0 aliphatic rings.